The zero-order valence-corrected chi connectivity index (χ0v) is 20.5. The highest BCUT2D eigenvalue weighted by atomic mass is 19.1. The summed E-state index contributed by atoms with van der Waals surface area (Å²) in [6, 6.07) is 5.65. The van der Waals surface area contributed by atoms with Crippen molar-refractivity contribution in [3.8, 4) is 0 Å². The second-order valence-corrected chi connectivity index (χ2v) is 10.00. The smallest absolute Gasteiger partial charge is 0.404 e. The molecule has 1 aliphatic carbocycles. The lowest BCUT2D eigenvalue weighted by atomic mass is 9.79. The van der Waals surface area contributed by atoms with Crippen LogP contribution in [0, 0.1) is 17.7 Å². The highest BCUT2D eigenvalue weighted by Crippen LogP contribution is 2.37. The molecule has 8 heteroatoms. The molecule has 0 radical (unpaired) electrons. The number of piperidine rings is 1. The maximum Gasteiger partial charge on any atom is 0.404 e. The van der Waals surface area contributed by atoms with Crippen LogP contribution in [-0.2, 0) is 16.2 Å². The molecule has 2 aromatic rings. The predicted octanol–water partition coefficient (Wildman–Crippen LogP) is 5.21. The van der Waals surface area contributed by atoms with Crippen LogP contribution in [0.25, 0.3) is 10.9 Å². The summed E-state index contributed by atoms with van der Waals surface area (Å²) in [4.78, 5) is 19.0. The van der Waals surface area contributed by atoms with E-state index < -0.39 is 6.09 Å². The molecule has 0 bridgehead atoms. The van der Waals surface area contributed by atoms with Gasteiger partial charge >= 0.3 is 6.09 Å². The van der Waals surface area contributed by atoms with Crippen molar-refractivity contribution in [3.63, 3.8) is 0 Å². The lowest BCUT2D eigenvalue weighted by Gasteiger charge is -2.42. The van der Waals surface area contributed by atoms with Crippen molar-refractivity contribution in [3.05, 3.63) is 35.3 Å². The average molecular weight is 473 g/mol. The number of primary amides is 1. The number of hydrogen-bond acceptors (Lipinski definition) is 5. The molecule has 0 spiro atoms. The highest BCUT2D eigenvalue weighted by Gasteiger charge is 2.32. The van der Waals surface area contributed by atoms with Crippen LogP contribution in [0.1, 0.15) is 69.7 Å². The van der Waals surface area contributed by atoms with E-state index in [4.69, 9.17) is 15.3 Å². The van der Waals surface area contributed by atoms with Crippen LogP contribution < -0.4 is 5.73 Å². The number of aromatic nitrogens is 1. The van der Waals surface area contributed by atoms with E-state index >= 15 is 0 Å². The van der Waals surface area contributed by atoms with E-state index in [1.54, 1.807) is 12.3 Å². The van der Waals surface area contributed by atoms with E-state index in [9.17, 15) is 9.18 Å². The van der Waals surface area contributed by atoms with Crippen LogP contribution in [0.2, 0.25) is 0 Å². The number of hydrogen-bond donors (Lipinski definition) is 1. The fraction of sp³-hybridized carbons (Fsp3) is 0.615. The molecule has 1 aromatic heterocycles. The quantitative estimate of drug-likeness (QED) is 0.443. The molecule has 1 aliphatic heterocycles. The molecule has 0 atom stereocenters. The molecule has 1 amide bonds. The standard InChI is InChI=1S/C26H37FN4O3/c1-17(2)18-4-7-20(8-5-18)30-12-10-21(11-13-30)31-24-9-6-19(27)14-22(24)23(15-29-33-3)25(31)16-34-26(28)32/h6,9,14-15,17-18,20-21H,4-5,7-8,10-13,16H2,1-3H3,(H2,28,32). The van der Waals surface area contributed by atoms with Crippen molar-refractivity contribution < 1.29 is 18.8 Å². The Hall–Kier alpha value is -2.61. The van der Waals surface area contributed by atoms with Crippen LogP contribution in [0.5, 0.6) is 0 Å². The van der Waals surface area contributed by atoms with Gasteiger partial charge in [-0.1, -0.05) is 19.0 Å². The summed E-state index contributed by atoms with van der Waals surface area (Å²) in [5, 5.41) is 4.64. The lowest BCUT2D eigenvalue weighted by Crippen LogP contribution is -2.44. The van der Waals surface area contributed by atoms with Gasteiger partial charge in [0.05, 0.1) is 11.9 Å². The first-order valence-electron chi connectivity index (χ1n) is 12.4. The number of amides is 1. The van der Waals surface area contributed by atoms with Gasteiger partial charge in [0.15, 0.2) is 0 Å². The molecule has 1 saturated heterocycles. The predicted molar refractivity (Wildman–Crippen MR) is 131 cm³/mol. The minimum Gasteiger partial charge on any atom is -0.443 e. The van der Waals surface area contributed by atoms with Gasteiger partial charge in [0, 0.05) is 41.6 Å². The van der Waals surface area contributed by atoms with Gasteiger partial charge in [-0.25, -0.2) is 9.18 Å². The minimum absolute atomic E-state index is 0.00384. The van der Waals surface area contributed by atoms with E-state index in [0.29, 0.717) is 11.6 Å². The number of carbonyl (C=O) groups is 1. The SMILES string of the molecule is CON=Cc1c(COC(N)=O)n(C2CCN(C3CCC(C(C)C)CC3)CC2)c2ccc(F)cc12. The number of rotatable bonds is 7. The number of benzene rings is 1. The van der Waals surface area contributed by atoms with Crippen LogP contribution in [0.3, 0.4) is 0 Å². The number of nitrogens with two attached hydrogens (primary N) is 1. The van der Waals surface area contributed by atoms with Crippen LogP contribution in [0.15, 0.2) is 23.4 Å². The second kappa shape index (κ2) is 10.8. The van der Waals surface area contributed by atoms with Crippen LogP contribution in [-0.4, -0.2) is 48.0 Å². The Morgan fingerprint density at radius 2 is 1.88 bits per heavy atom. The van der Waals surface area contributed by atoms with Gasteiger partial charge in [-0.05, 0) is 68.6 Å². The maximum absolute atomic E-state index is 14.2. The third kappa shape index (κ3) is 5.22. The Bertz CT molecular complexity index is 1020. The summed E-state index contributed by atoms with van der Waals surface area (Å²) in [5.74, 6) is 1.31. The Morgan fingerprint density at radius 1 is 1.18 bits per heavy atom. The summed E-state index contributed by atoms with van der Waals surface area (Å²) >= 11 is 0. The van der Waals surface area contributed by atoms with E-state index in [2.05, 4.69) is 28.5 Å². The van der Waals surface area contributed by atoms with Crippen molar-refractivity contribution >= 4 is 23.2 Å². The lowest BCUT2D eigenvalue weighted by molar-refractivity contribution is 0.0876. The number of halogens is 1. The number of oxime groups is 1. The number of carbonyl (C=O) groups excluding carboxylic acids is 1. The first-order valence-corrected chi connectivity index (χ1v) is 12.4. The van der Waals surface area contributed by atoms with Gasteiger partial charge < -0.3 is 24.8 Å². The van der Waals surface area contributed by atoms with Gasteiger partial charge in [0.25, 0.3) is 0 Å². The zero-order chi connectivity index (χ0) is 24.2. The Labute approximate surface area is 201 Å². The molecular formula is C26H37FN4O3. The Kier molecular flexibility index (Phi) is 7.76. The van der Waals surface area contributed by atoms with E-state index in [1.807, 2.05) is 0 Å². The van der Waals surface area contributed by atoms with E-state index in [0.717, 1.165) is 54.4 Å². The topological polar surface area (TPSA) is 82.1 Å². The number of likely N-dealkylation sites (tertiary alicyclic amines) is 1. The van der Waals surface area contributed by atoms with Crippen LogP contribution in [0.4, 0.5) is 9.18 Å². The van der Waals surface area contributed by atoms with Crippen molar-refractivity contribution in [1.29, 1.82) is 0 Å². The molecular weight excluding hydrogens is 435 g/mol. The molecule has 7 nitrogen and oxygen atoms in total. The maximum atomic E-state index is 14.2. The molecule has 2 fully saturated rings. The van der Waals surface area contributed by atoms with Gasteiger partial charge in [0.2, 0.25) is 0 Å². The summed E-state index contributed by atoms with van der Waals surface area (Å²) in [7, 11) is 1.46. The monoisotopic (exact) mass is 472 g/mol. The molecule has 2 aliphatic rings. The van der Waals surface area contributed by atoms with E-state index in [1.165, 1.54) is 44.9 Å². The van der Waals surface area contributed by atoms with Crippen molar-refractivity contribution in [2.75, 3.05) is 20.2 Å². The number of ether oxygens (including phenoxy) is 1. The van der Waals surface area contributed by atoms with Gasteiger partial charge in [0.1, 0.15) is 19.5 Å². The van der Waals surface area contributed by atoms with E-state index in [-0.39, 0.29) is 18.5 Å². The highest BCUT2D eigenvalue weighted by molar-refractivity contribution is 6.01. The fourth-order valence-corrected chi connectivity index (χ4v) is 5.96. The molecule has 2 N–H and O–H groups in total. The van der Waals surface area contributed by atoms with Crippen molar-refractivity contribution in [1.82, 2.24) is 9.47 Å². The zero-order valence-electron chi connectivity index (χ0n) is 20.5. The van der Waals surface area contributed by atoms with Crippen molar-refractivity contribution in [2.45, 2.75) is 71.1 Å². The molecule has 186 valence electrons. The summed E-state index contributed by atoms with van der Waals surface area (Å²) in [6.45, 7) is 6.74. The summed E-state index contributed by atoms with van der Waals surface area (Å²) in [5.41, 5.74) is 7.62. The average Bonchev–Trinajstić information content (AvgIpc) is 3.13. The van der Waals surface area contributed by atoms with Crippen molar-refractivity contribution in [2.24, 2.45) is 22.7 Å². The molecule has 4 rings (SSSR count). The van der Waals surface area contributed by atoms with Gasteiger partial charge in [-0.2, -0.15) is 0 Å². The second-order valence-electron chi connectivity index (χ2n) is 10.00. The molecule has 34 heavy (non-hydrogen) atoms. The minimum atomic E-state index is -0.843. The van der Waals surface area contributed by atoms with Gasteiger partial charge in [-0.15, -0.1) is 0 Å². The summed E-state index contributed by atoms with van der Waals surface area (Å²) < 4.78 is 21.6. The third-order valence-electron chi connectivity index (χ3n) is 7.81. The molecule has 1 saturated carbocycles. The fourth-order valence-electron chi connectivity index (χ4n) is 5.96. The summed E-state index contributed by atoms with van der Waals surface area (Å²) in [6.07, 6.45) is 7.90. The number of fused-ring (bicyclic) bond motifs is 1. The van der Waals surface area contributed by atoms with Crippen LogP contribution >= 0.6 is 0 Å². The largest absolute Gasteiger partial charge is 0.443 e. The Balaban J connectivity index is 1.58. The Morgan fingerprint density at radius 3 is 2.50 bits per heavy atom. The normalized spacial score (nSPS) is 22.6. The molecule has 2 heterocycles. The molecule has 0 unspecified atom stereocenters. The number of nitrogens with zero attached hydrogens (tertiary/aromatic N) is 3. The first kappa shape index (κ1) is 24.5. The third-order valence-corrected chi connectivity index (χ3v) is 7.81. The molecule has 1 aromatic carbocycles. The first-order chi connectivity index (χ1) is 16.4. The van der Waals surface area contributed by atoms with Gasteiger partial charge in [-0.3, -0.25) is 0 Å².